The molecule has 0 saturated carbocycles. The zero-order valence-corrected chi connectivity index (χ0v) is 10.7. The summed E-state index contributed by atoms with van der Waals surface area (Å²) in [7, 11) is 1.62. The van der Waals surface area contributed by atoms with Crippen LogP contribution in [0.5, 0.6) is 0 Å². The molecule has 2 N–H and O–H groups in total. The Morgan fingerprint density at radius 1 is 1.53 bits per heavy atom. The third-order valence-corrected chi connectivity index (χ3v) is 3.30. The number of hydrogen-bond donors (Lipinski definition) is 2. The van der Waals surface area contributed by atoms with Crippen LogP contribution in [0.3, 0.4) is 0 Å². The first-order valence-corrected chi connectivity index (χ1v) is 5.70. The van der Waals surface area contributed by atoms with Gasteiger partial charge < -0.3 is 10.6 Å². The fourth-order valence-corrected chi connectivity index (χ4v) is 1.66. The van der Waals surface area contributed by atoms with Crippen molar-refractivity contribution in [2.24, 2.45) is 0 Å². The van der Waals surface area contributed by atoms with E-state index >= 15 is 0 Å². The van der Waals surface area contributed by atoms with Crippen molar-refractivity contribution in [1.29, 1.82) is 0 Å². The van der Waals surface area contributed by atoms with Crippen LogP contribution in [0.25, 0.3) is 0 Å². The molecule has 0 fully saturated rings. The molecule has 1 amide bonds. The molecule has 1 aromatic carbocycles. The number of anilines is 1. The van der Waals surface area contributed by atoms with Gasteiger partial charge in [0.1, 0.15) is 0 Å². The minimum Gasteiger partial charge on any atom is -0.384 e. The average Bonchev–Trinajstić information content (AvgIpc) is 2.24. The third-order valence-electron chi connectivity index (χ3n) is 1.90. The lowest BCUT2D eigenvalue weighted by atomic mass is 10.3. The van der Waals surface area contributed by atoms with Gasteiger partial charge in [-0.15, -0.1) is 0 Å². The molecule has 0 unspecified atom stereocenters. The van der Waals surface area contributed by atoms with Crippen LogP contribution in [0, 0.1) is 0 Å². The number of hydrogen-bond acceptors (Lipinski definition) is 2. The maximum atomic E-state index is 11.0. The fourth-order valence-electron chi connectivity index (χ4n) is 1.08. The van der Waals surface area contributed by atoms with Crippen molar-refractivity contribution in [1.82, 2.24) is 5.32 Å². The van der Waals surface area contributed by atoms with Gasteiger partial charge in [0.15, 0.2) is 0 Å². The summed E-state index contributed by atoms with van der Waals surface area (Å²) >= 11 is 9.29. The molecule has 0 aromatic heterocycles. The maximum absolute atomic E-state index is 11.0. The van der Waals surface area contributed by atoms with Gasteiger partial charge in [-0.05, 0) is 28.1 Å². The molecule has 0 radical (unpaired) electrons. The summed E-state index contributed by atoms with van der Waals surface area (Å²) in [6, 6.07) is 5.56. The topological polar surface area (TPSA) is 41.1 Å². The van der Waals surface area contributed by atoms with Crippen molar-refractivity contribution in [3.63, 3.8) is 0 Å². The molecule has 0 aliphatic rings. The predicted octanol–water partition coefficient (Wildman–Crippen LogP) is 2.65. The highest BCUT2D eigenvalue weighted by molar-refractivity contribution is 9.10. The molecule has 1 aromatic rings. The van der Waals surface area contributed by atoms with Gasteiger partial charge in [0.05, 0.1) is 9.50 Å². The minimum atomic E-state index is 0.0145. The van der Waals surface area contributed by atoms with Crippen molar-refractivity contribution in [2.45, 2.75) is 6.42 Å². The van der Waals surface area contributed by atoms with Crippen LogP contribution in [0.4, 0.5) is 5.69 Å². The van der Waals surface area contributed by atoms with Crippen molar-refractivity contribution in [3.8, 4) is 0 Å². The lowest BCUT2D eigenvalue weighted by Gasteiger charge is -2.08. The molecular formula is C10H12BrClN2O. The van der Waals surface area contributed by atoms with Crippen LogP contribution in [-0.2, 0) is 4.79 Å². The van der Waals surface area contributed by atoms with E-state index in [1.165, 1.54) is 0 Å². The summed E-state index contributed by atoms with van der Waals surface area (Å²) in [5.74, 6) is 0.0145. The summed E-state index contributed by atoms with van der Waals surface area (Å²) in [5, 5.41) is 6.34. The van der Waals surface area contributed by atoms with Gasteiger partial charge >= 0.3 is 0 Å². The van der Waals surface area contributed by atoms with Crippen LogP contribution >= 0.6 is 27.5 Å². The van der Waals surface area contributed by atoms with E-state index in [2.05, 4.69) is 26.6 Å². The number of carbonyl (C=O) groups excluding carboxylic acids is 1. The molecule has 15 heavy (non-hydrogen) atoms. The predicted molar refractivity (Wildman–Crippen MR) is 66.3 cm³/mol. The molecule has 1 rings (SSSR count). The molecule has 5 heteroatoms. The average molecular weight is 292 g/mol. The smallest absolute Gasteiger partial charge is 0.221 e. The standard InChI is InChI=1S/C10H12BrClN2O/c1-13-9(15)5-6-14-8-4-2-3-7(12)10(8)11/h2-4,14H,5-6H2,1H3,(H,13,15). The molecule has 0 aliphatic heterocycles. The van der Waals surface area contributed by atoms with Crippen LogP contribution in [0.15, 0.2) is 22.7 Å². The Morgan fingerprint density at radius 2 is 2.27 bits per heavy atom. The first kappa shape index (κ1) is 12.3. The minimum absolute atomic E-state index is 0.0145. The molecule has 82 valence electrons. The molecule has 0 spiro atoms. The SMILES string of the molecule is CNC(=O)CCNc1cccc(Cl)c1Br. The van der Waals surface area contributed by atoms with Crippen LogP contribution in [0.1, 0.15) is 6.42 Å². The number of amides is 1. The van der Waals surface area contributed by atoms with E-state index in [-0.39, 0.29) is 5.91 Å². The molecular weight excluding hydrogens is 279 g/mol. The van der Waals surface area contributed by atoms with Gasteiger partial charge in [0.2, 0.25) is 5.91 Å². The Bertz CT molecular complexity index is 357. The molecule has 0 atom stereocenters. The molecule has 3 nitrogen and oxygen atoms in total. The summed E-state index contributed by atoms with van der Waals surface area (Å²) in [6.45, 7) is 0.582. The van der Waals surface area contributed by atoms with Crippen LogP contribution < -0.4 is 10.6 Å². The largest absolute Gasteiger partial charge is 0.384 e. The highest BCUT2D eigenvalue weighted by atomic mass is 79.9. The van der Waals surface area contributed by atoms with Crippen molar-refractivity contribution in [2.75, 3.05) is 18.9 Å². The lowest BCUT2D eigenvalue weighted by molar-refractivity contribution is -0.120. The number of rotatable bonds is 4. The first-order valence-electron chi connectivity index (χ1n) is 4.53. The third kappa shape index (κ3) is 3.72. The van der Waals surface area contributed by atoms with Gasteiger partial charge in [-0.3, -0.25) is 4.79 Å². The molecule has 0 bridgehead atoms. The Labute approximate surface area is 102 Å². The summed E-state index contributed by atoms with van der Waals surface area (Å²) in [6.07, 6.45) is 0.440. The van der Waals surface area contributed by atoms with Gasteiger partial charge in [-0.25, -0.2) is 0 Å². The van der Waals surface area contributed by atoms with Crippen LogP contribution in [-0.4, -0.2) is 19.5 Å². The van der Waals surface area contributed by atoms with Gasteiger partial charge in [0, 0.05) is 25.7 Å². The number of benzene rings is 1. The lowest BCUT2D eigenvalue weighted by Crippen LogP contribution is -2.20. The highest BCUT2D eigenvalue weighted by Crippen LogP contribution is 2.29. The van der Waals surface area contributed by atoms with E-state index < -0.39 is 0 Å². The highest BCUT2D eigenvalue weighted by Gasteiger charge is 2.03. The van der Waals surface area contributed by atoms with E-state index in [1.54, 1.807) is 13.1 Å². The summed E-state index contributed by atoms with van der Waals surface area (Å²) in [4.78, 5) is 11.0. The zero-order chi connectivity index (χ0) is 11.3. The van der Waals surface area contributed by atoms with Crippen molar-refractivity contribution < 1.29 is 4.79 Å². The Hall–Kier alpha value is -0.740. The second-order valence-electron chi connectivity index (χ2n) is 2.95. The van der Waals surface area contributed by atoms with Crippen LogP contribution in [0.2, 0.25) is 5.02 Å². The van der Waals surface area contributed by atoms with Gasteiger partial charge in [-0.2, -0.15) is 0 Å². The van der Waals surface area contributed by atoms with E-state index in [4.69, 9.17) is 11.6 Å². The van der Waals surface area contributed by atoms with E-state index in [9.17, 15) is 4.79 Å². The van der Waals surface area contributed by atoms with Gasteiger partial charge in [0.25, 0.3) is 0 Å². The second kappa shape index (κ2) is 5.98. The summed E-state index contributed by atoms with van der Waals surface area (Å²) in [5.41, 5.74) is 0.895. The number of halogens is 2. The second-order valence-corrected chi connectivity index (χ2v) is 4.15. The monoisotopic (exact) mass is 290 g/mol. The normalized spacial score (nSPS) is 9.80. The Morgan fingerprint density at radius 3 is 2.93 bits per heavy atom. The van der Waals surface area contributed by atoms with Crippen molar-refractivity contribution in [3.05, 3.63) is 27.7 Å². The zero-order valence-electron chi connectivity index (χ0n) is 8.31. The quantitative estimate of drug-likeness (QED) is 0.895. The first-order chi connectivity index (χ1) is 7.15. The molecule has 0 aliphatic carbocycles. The number of nitrogens with one attached hydrogen (secondary N) is 2. The Balaban J connectivity index is 2.51. The maximum Gasteiger partial charge on any atom is 0.221 e. The van der Waals surface area contributed by atoms with E-state index in [0.29, 0.717) is 18.0 Å². The van der Waals surface area contributed by atoms with E-state index in [0.717, 1.165) is 10.2 Å². The summed E-state index contributed by atoms with van der Waals surface area (Å²) < 4.78 is 0.823. The van der Waals surface area contributed by atoms with Gasteiger partial charge in [-0.1, -0.05) is 17.7 Å². The van der Waals surface area contributed by atoms with Crippen molar-refractivity contribution >= 4 is 39.1 Å². The molecule has 0 saturated heterocycles. The number of carbonyl (C=O) groups is 1. The molecule has 0 heterocycles. The fraction of sp³-hybridized carbons (Fsp3) is 0.300. The van der Waals surface area contributed by atoms with E-state index in [1.807, 2.05) is 12.1 Å². The Kier molecular flexibility index (Phi) is 4.91.